The second-order valence-electron chi connectivity index (χ2n) is 13.5. The van der Waals surface area contributed by atoms with Crippen molar-refractivity contribution in [2.45, 2.75) is 89.8 Å². The lowest BCUT2D eigenvalue weighted by atomic mass is 9.76. The van der Waals surface area contributed by atoms with E-state index in [1.54, 1.807) is 0 Å². The van der Waals surface area contributed by atoms with Gasteiger partial charge in [0, 0.05) is 13.1 Å². The third kappa shape index (κ3) is 7.64. The lowest BCUT2D eigenvalue weighted by Gasteiger charge is -2.38. The molecule has 2 aliphatic carbocycles. The van der Waals surface area contributed by atoms with Crippen LogP contribution < -0.4 is 20.1 Å². The Labute approximate surface area is 309 Å². The minimum absolute atomic E-state index is 0.399. The Morgan fingerprint density at radius 2 is 1.06 bits per heavy atom. The molecule has 8 nitrogen and oxygen atoms in total. The van der Waals surface area contributed by atoms with Gasteiger partial charge in [-0.15, -0.1) is 0 Å². The van der Waals surface area contributed by atoms with Crippen LogP contribution in [0.5, 0.6) is 11.5 Å². The highest BCUT2D eigenvalue weighted by Crippen LogP contribution is 2.36. The van der Waals surface area contributed by atoms with Crippen molar-refractivity contribution in [1.82, 2.24) is 10.6 Å². The molecular formula is C40H42Br2N2O6. The average Bonchev–Trinajstić information content (AvgIpc) is 3.04. The van der Waals surface area contributed by atoms with Crippen molar-refractivity contribution < 1.29 is 29.3 Å². The maximum atomic E-state index is 11.7. The highest BCUT2D eigenvalue weighted by molar-refractivity contribution is 9.10. The van der Waals surface area contributed by atoms with Gasteiger partial charge >= 0.3 is 11.9 Å². The molecule has 10 heteroatoms. The Balaban J connectivity index is 1.08. The number of nitrogens with one attached hydrogen (secondary N) is 2. The SMILES string of the molecule is Cc1c(COc2ccc(CNC3(C(=O)O)CCC3)cc2Br)cccc1-c1cccc(COc2ccc(CNC3(C(=O)O)CCC3)cc2Br)c1C. The largest absolute Gasteiger partial charge is 0.488 e. The Morgan fingerprint density at radius 3 is 1.38 bits per heavy atom. The number of carboxylic acid groups (broad SMARTS) is 2. The molecule has 0 unspecified atom stereocenters. The Hall–Kier alpha value is -3.70. The van der Waals surface area contributed by atoms with Crippen LogP contribution in [-0.4, -0.2) is 33.2 Å². The molecule has 6 rings (SSSR count). The van der Waals surface area contributed by atoms with Crippen molar-refractivity contribution >= 4 is 43.8 Å². The number of hydrogen-bond donors (Lipinski definition) is 4. The number of carbonyl (C=O) groups is 2. The second-order valence-corrected chi connectivity index (χ2v) is 15.2. The monoisotopic (exact) mass is 804 g/mol. The predicted octanol–water partition coefficient (Wildman–Crippen LogP) is 8.85. The van der Waals surface area contributed by atoms with Crippen LogP contribution in [0.1, 0.15) is 71.9 Å². The number of rotatable bonds is 15. The van der Waals surface area contributed by atoms with Gasteiger partial charge in [-0.2, -0.15) is 0 Å². The first-order valence-electron chi connectivity index (χ1n) is 17.0. The first-order valence-corrected chi connectivity index (χ1v) is 18.6. The molecule has 0 heterocycles. The van der Waals surface area contributed by atoms with Gasteiger partial charge in [0.15, 0.2) is 0 Å². The maximum Gasteiger partial charge on any atom is 0.323 e. The van der Waals surface area contributed by atoms with Gasteiger partial charge in [0.2, 0.25) is 0 Å². The summed E-state index contributed by atoms with van der Waals surface area (Å²) in [7, 11) is 0. The molecule has 50 heavy (non-hydrogen) atoms. The van der Waals surface area contributed by atoms with E-state index in [4.69, 9.17) is 9.47 Å². The van der Waals surface area contributed by atoms with Crippen LogP contribution in [0.15, 0.2) is 81.7 Å². The molecule has 4 aromatic carbocycles. The van der Waals surface area contributed by atoms with Crippen LogP contribution in [0.4, 0.5) is 0 Å². The Morgan fingerprint density at radius 1 is 0.660 bits per heavy atom. The number of halogens is 2. The van der Waals surface area contributed by atoms with Gasteiger partial charge in [0.05, 0.1) is 8.95 Å². The summed E-state index contributed by atoms with van der Waals surface area (Å²) in [4.78, 5) is 23.4. The summed E-state index contributed by atoms with van der Waals surface area (Å²) in [6.45, 7) is 6.00. The zero-order valence-electron chi connectivity index (χ0n) is 28.3. The van der Waals surface area contributed by atoms with Gasteiger partial charge in [-0.1, -0.05) is 48.5 Å². The first-order chi connectivity index (χ1) is 24.0. The average molecular weight is 807 g/mol. The summed E-state index contributed by atoms with van der Waals surface area (Å²) in [6.07, 6.45) is 4.50. The topological polar surface area (TPSA) is 117 Å². The molecule has 0 atom stereocenters. The van der Waals surface area contributed by atoms with Crippen LogP contribution in [0.25, 0.3) is 11.1 Å². The lowest BCUT2D eigenvalue weighted by Crippen LogP contribution is -2.56. The van der Waals surface area contributed by atoms with Gasteiger partial charge in [-0.3, -0.25) is 20.2 Å². The van der Waals surface area contributed by atoms with Crippen LogP contribution in [0.2, 0.25) is 0 Å². The molecule has 0 saturated heterocycles. The van der Waals surface area contributed by atoms with Crippen molar-refractivity contribution in [2.24, 2.45) is 0 Å². The molecule has 0 amide bonds. The molecule has 0 aliphatic heterocycles. The second kappa shape index (κ2) is 15.3. The maximum absolute atomic E-state index is 11.7. The molecule has 0 bridgehead atoms. The van der Waals surface area contributed by atoms with E-state index in [1.165, 1.54) is 0 Å². The number of carboxylic acids is 2. The summed E-state index contributed by atoms with van der Waals surface area (Å²) in [6, 6.07) is 24.3. The van der Waals surface area contributed by atoms with Crippen molar-refractivity contribution in [1.29, 1.82) is 0 Å². The quantitative estimate of drug-likeness (QED) is 0.0943. The van der Waals surface area contributed by atoms with Crippen molar-refractivity contribution in [3.05, 3.63) is 115 Å². The first kappa shape index (κ1) is 36.1. The molecular weight excluding hydrogens is 764 g/mol. The third-order valence-electron chi connectivity index (χ3n) is 10.4. The molecule has 2 aliphatic rings. The summed E-state index contributed by atoms with van der Waals surface area (Å²) in [5.74, 6) is -0.109. The normalized spacial score (nSPS) is 15.8. The van der Waals surface area contributed by atoms with Gasteiger partial charge in [-0.25, -0.2) is 0 Å². The Bertz CT molecular complexity index is 1770. The zero-order valence-corrected chi connectivity index (χ0v) is 31.5. The molecule has 4 aromatic rings. The standard InChI is InChI=1S/C40H42Br2N2O6/c1-25-29(23-49-35-13-11-27(19-33(35)41)21-43-39(37(45)46)15-5-16-39)7-3-9-31(25)32-10-4-8-30(26(32)2)24-50-36-14-12-28(20-34(36)42)22-44-40(38(47)48)17-6-18-40/h3-4,7-14,19-20,43-44H,5-6,15-18,21-24H2,1-2H3,(H,45,46)(H,47,48). The molecule has 0 radical (unpaired) electrons. The van der Waals surface area contributed by atoms with Crippen LogP contribution >= 0.6 is 31.9 Å². The van der Waals surface area contributed by atoms with Crippen LogP contribution in [0, 0.1) is 13.8 Å². The van der Waals surface area contributed by atoms with Gasteiger partial charge in [0.25, 0.3) is 0 Å². The van der Waals surface area contributed by atoms with Gasteiger partial charge in [-0.05, 0) is 153 Å². The molecule has 2 saturated carbocycles. The van der Waals surface area contributed by atoms with Gasteiger partial charge < -0.3 is 19.7 Å². The minimum atomic E-state index is -0.803. The van der Waals surface area contributed by atoms with E-state index in [2.05, 4.69) is 92.7 Å². The highest BCUT2D eigenvalue weighted by Gasteiger charge is 2.44. The molecule has 4 N–H and O–H groups in total. The van der Waals surface area contributed by atoms with Crippen molar-refractivity contribution in [3.8, 4) is 22.6 Å². The van der Waals surface area contributed by atoms with E-state index in [0.717, 1.165) is 77.8 Å². The molecule has 0 aromatic heterocycles. The summed E-state index contributed by atoms with van der Waals surface area (Å²) in [5.41, 5.74) is 7.10. The van der Waals surface area contributed by atoms with Crippen molar-refractivity contribution in [2.75, 3.05) is 0 Å². The fourth-order valence-corrected chi connectivity index (χ4v) is 7.73. The third-order valence-corrected chi connectivity index (χ3v) is 11.7. The number of aliphatic carboxylic acids is 2. The van der Waals surface area contributed by atoms with E-state index in [0.29, 0.717) is 52.0 Å². The molecule has 0 spiro atoms. The van der Waals surface area contributed by atoms with Crippen LogP contribution in [-0.2, 0) is 35.9 Å². The van der Waals surface area contributed by atoms with E-state index in [9.17, 15) is 19.8 Å². The smallest absolute Gasteiger partial charge is 0.323 e. The summed E-state index contributed by atoms with van der Waals surface area (Å²) >= 11 is 7.29. The van der Waals surface area contributed by atoms with Crippen molar-refractivity contribution in [3.63, 3.8) is 0 Å². The lowest BCUT2D eigenvalue weighted by molar-refractivity contribution is -0.149. The molecule has 2 fully saturated rings. The molecule has 262 valence electrons. The zero-order chi connectivity index (χ0) is 35.5. The fourth-order valence-electron chi connectivity index (χ4n) is 6.65. The van der Waals surface area contributed by atoms with E-state index >= 15 is 0 Å². The van der Waals surface area contributed by atoms with E-state index in [-0.39, 0.29) is 0 Å². The van der Waals surface area contributed by atoms with E-state index in [1.807, 2.05) is 36.4 Å². The number of benzene rings is 4. The van der Waals surface area contributed by atoms with E-state index < -0.39 is 23.0 Å². The highest BCUT2D eigenvalue weighted by atomic mass is 79.9. The summed E-state index contributed by atoms with van der Waals surface area (Å²) in [5, 5.41) is 25.7. The minimum Gasteiger partial charge on any atom is -0.488 e. The van der Waals surface area contributed by atoms with Gasteiger partial charge in [0.1, 0.15) is 35.8 Å². The summed E-state index contributed by atoms with van der Waals surface area (Å²) < 4.78 is 14.2. The predicted molar refractivity (Wildman–Crippen MR) is 200 cm³/mol. The number of hydrogen-bond acceptors (Lipinski definition) is 6. The fraction of sp³-hybridized carbons (Fsp3) is 0.350. The van der Waals surface area contributed by atoms with Crippen LogP contribution in [0.3, 0.4) is 0 Å². The number of ether oxygens (including phenoxy) is 2. The Kier molecular flexibility index (Phi) is 11.0.